The molecule has 1 amide bonds. The molecule has 1 aromatic heterocycles. The fourth-order valence-corrected chi connectivity index (χ4v) is 4.76. The second-order valence-corrected chi connectivity index (χ2v) is 8.92. The smallest absolute Gasteiger partial charge is 0.227 e. The van der Waals surface area contributed by atoms with E-state index in [1.807, 2.05) is 43.3 Å². The number of benzene rings is 2. The summed E-state index contributed by atoms with van der Waals surface area (Å²) in [5.41, 5.74) is 3.61. The van der Waals surface area contributed by atoms with Crippen molar-refractivity contribution in [3.63, 3.8) is 0 Å². The largest absolute Gasteiger partial charge is 0.330 e. The fraction of sp³-hybridized carbons (Fsp3) is 0.238. The van der Waals surface area contributed by atoms with Gasteiger partial charge in [-0.2, -0.15) is 0 Å². The quantitative estimate of drug-likeness (QED) is 0.438. The van der Waals surface area contributed by atoms with E-state index in [0.717, 1.165) is 34.2 Å². The van der Waals surface area contributed by atoms with Gasteiger partial charge in [0.1, 0.15) is 0 Å². The lowest BCUT2D eigenvalue weighted by atomic mass is 10.1. The van der Waals surface area contributed by atoms with Crippen LogP contribution < -0.4 is 10.2 Å². The summed E-state index contributed by atoms with van der Waals surface area (Å²) in [7, 11) is 0. The number of nitrogens with one attached hydrogen (secondary N) is 1. The number of amides is 1. The minimum Gasteiger partial charge on any atom is -0.330 e. The molecule has 1 saturated heterocycles. The third-order valence-corrected chi connectivity index (χ3v) is 6.67. The van der Waals surface area contributed by atoms with Gasteiger partial charge in [0.2, 0.25) is 11.0 Å². The van der Waals surface area contributed by atoms with Gasteiger partial charge in [-0.25, -0.2) is 0 Å². The fourth-order valence-electron chi connectivity index (χ4n) is 3.11. The van der Waals surface area contributed by atoms with Crippen molar-refractivity contribution >= 4 is 51.3 Å². The topological polar surface area (TPSA) is 75.2 Å². The summed E-state index contributed by atoms with van der Waals surface area (Å²) in [5.74, 6) is 0.463. The maximum absolute atomic E-state index is 12.5. The third kappa shape index (κ3) is 4.65. The van der Waals surface area contributed by atoms with E-state index in [4.69, 9.17) is 0 Å². The van der Waals surface area contributed by atoms with Crippen molar-refractivity contribution in [2.45, 2.75) is 24.1 Å². The first-order valence-electron chi connectivity index (χ1n) is 9.33. The summed E-state index contributed by atoms with van der Waals surface area (Å²) in [4.78, 5) is 26.1. The molecular weight excluding hydrogens is 404 g/mol. The number of anilines is 3. The van der Waals surface area contributed by atoms with Gasteiger partial charge < -0.3 is 10.2 Å². The highest BCUT2D eigenvalue weighted by Crippen LogP contribution is 2.29. The molecule has 1 fully saturated rings. The van der Waals surface area contributed by atoms with Gasteiger partial charge in [-0.15, -0.1) is 10.2 Å². The molecule has 2 heterocycles. The zero-order chi connectivity index (χ0) is 20.2. The molecule has 0 radical (unpaired) electrons. The van der Waals surface area contributed by atoms with E-state index in [9.17, 15) is 9.59 Å². The number of Topliss-reactive ketones (excluding diaryl/α,β-unsaturated/α-hetero) is 1. The predicted octanol–water partition coefficient (Wildman–Crippen LogP) is 4.69. The third-order valence-electron chi connectivity index (χ3n) is 4.69. The average Bonchev–Trinajstić information content (AvgIpc) is 3.37. The van der Waals surface area contributed by atoms with Crippen molar-refractivity contribution in [3.05, 3.63) is 59.7 Å². The van der Waals surface area contributed by atoms with Crippen LogP contribution in [0.4, 0.5) is 16.5 Å². The lowest BCUT2D eigenvalue weighted by molar-refractivity contribution is -0.117. The van der Waals surface area contributed by atoms with Crippen LogP contribution in [0.2, 0.25) is 0 Å². The molecule has 2 aromatic carbocycles. The van der Waals surface area contributed by atoms with E-state index in [1.54, 1.807) is 17.0 Å². The molecule has 0 atom stereocenters. The minimum absolute atomic E-state index is 0.0258. The van der Waals surface area contributed by atoms with Crippen molar-refractivity contribution in [1.82, 2.24) is 10.2 Å². The standard InChI is InChI=1S/C21H20N4O2S2/c1-14-5-2-3-6-17(14)22-20-23-24-21(29-20)28-13-18(26)15-8-10-16(11-9-15)25-12-4-7-19(25)27/h2-3,5-6,8-11H,4,7,12-13H2,1H3,(H,22,23). The first kappa shape index (κ1) is 19.6. The Morgan fingerprint density at radius 2 is 1.97 bits per heavy atom. The normalized spacial score (nSPS) is 13.7. The highest BCUT2D eigenvalue weighted by Gasteiger charge is 2.21. The van der Waals surface area contributed by atoms with Gasteiger partial charge in [0.15, 0.2) is 10.1 Å². The number of para-hydroxylation sites is 1. The number of thioether (sulfide) groups is 1. The Bertz CT molecular complexity index is 1030. The monoisotopic (exact) mass is 424 g/mol. The van der Waals surface area contributed by atoms with Crippen LogP contribution in [0.5, 0.6) is 0 Å². The highest BCUT2D eigenvalue weighted by atomic mass is 32.2. The number of ketones is 1. The van der Waals surface area contributed by atoms with Crippen LogP contribution in [0.25, 0.3) is 0 Å². The van der Waals surface area contributed by atoms with Gasteiger partial charge in [0.25, 0.3) is 0 Å². The van der Waals surface area contributed by atoms with Gasteiger partial charge in [0.05, 0.1) is 5.75 Å². The van der Waals surface area contributed by atoms with Crippen LogP contribution in [-0.4, -0.2) is 34.2 Å². The summed E-state index contributed by atoms with van der Waals surface area (Å²) in [5, 5.41) is 12.3. The van der Waals surface area contributed by atoms with Crippen LogP contribution >= 0.6 is 23.1 Å². The van der Waals surface area contributed by atoms with Crippen LogP contribution in [0.1, 0.15) is 28.8 Å². The van der Waals surface area contributed by atoms with Crippen molar-refractivity contribution < 1.29 is 9.59 Å². The Labute approximate surface area is 177 Å². The zero-order valence-electron chi connectivity index (χ0n) is 15.9. The molecular formula is C21H20N4O2S2. The van der Waals surface area contributed by atoms with E-state index < -0.39 is 0 Å². The number of hydrogen-bond donors (Lipinski definition) is 1. The summed E-state index contributed by atoms with van der Waals surface area (Å²) >= 11 is 2.81. The summed E-state index contributed by atoms with van der Waals surface area (Å²) in [6, 6.07) is 15.2. The van der Waals surface area contributed by atoms with Crippen LogP contribution in [0.3, 0.4) is 0 Å². The van der Waals surface area contributed by atoms with Crippen molar-refractivity contribution in [2.24, 2.45) is 0 Å². The molecule has 148 valence electrons. The Hall–Kier alpha value is -2.71. The molecule has 0 bridgehead atoms. The minimum atomic E-state index is 0.0258. The summed E-state index contributed by atoms with van der Waals surface area (Å²) in [6.07, 6.45) is 1.48. The van der Waals surface area contributed by atoms with Gasteiger partial charge in [0, 0.05) is 29.9 Å². The number of aryl methyl sites for hydroxylation is 1. The predicted molar refractivity (Wildman–Crippen MR) is 117 cm³/mol. The zero-order valence-corrected chi connectivity index (χ0v) is 17.6. The Morgan fingerprint density at radius 1 is 1.17 bits per heavy atom. The van der Waals surface area contributed by atoms with Crippen molar-refractivity contribution in [1.29, 1.82) is 0 Å². The van der Waals surface area contributed by atoms with Crippen LogP contribution in [0.15, 0.2) is 52.9 Å². The first-order valence-corrected chi connectivity index (χ1v) is 11.1. The van der Waals surface area contributed by atoms with E-state index in [-0.39, 0.29) is 11.7 Å². The Morgan fingerprint density at radius 3 is 2.69 bits per heavy atom. The second-order valence-electron chi connectivity index (χ2n) is 6.72. The molecule has 1 aliphatic heterocycles. The van der Waals surface area contributed by atoms with E-state index in [0.29, 0.717) is 22.9 Å². The van der Waals surface area contributed by atoms with Gasteiger partial charge >= 0.3 is 0 Å². The molecule has 0 aliphatic carbocycles. The first-order chi connectivity index (χ1) is 14.1. The van der Waals surface area contributed by atoms with E-state index in [2.05, 4.69) is 15.5 Å². The number of aromatic nitrogens is 2. The summed E-state index contributed by atoms with van der Waals surface area (Å²) < 4.78 is 0.744. The maximum atomic E-state index is 12.5. The van der Waals surface area contributed by atoms with E-state index in [1.165, 1.54) is 23.1 Å². The Balaban J connectivity index is 1.33. The van der Waals surface area contributed by atoms with Gasteiger partial charge in [-0.3, -0.25) is 9.59 Å². The van der Waals surface area contributed by atoms with E-state index >= 15 is 0 Å². The van der Waals surface area contributed by atoms with Crippen molar-refractivity contribution in [2.75, 3.05) is 22.5 Å². The second kappa shape index (κ2) is 8.75. The number of rotatable bonds is 7. The molecule has 1 N–H and O–H groups in total. The molecule has 0 unspecified atom stereocenters. The Kier molecular flexibility index (Phi) is 5.92. The van der Waals surface area contributed by atoms with Gasteiger partial charge in [-0.05, 0) is 49.2 Å². The molecule has 1 aliphatic rings. The highest BCUT2D eigenvalue weighted by molar-refractivity contribution is 8.01. The van der Waals surface area contributed by atoms with Crippen molar-refractivity contribution in [3.8, 4) is 0 Å². The molecule has 0 spiro atoms. The molecule has 3 aromatic rings. The molecule has 6 nitrogen and oxygen atoms in total. The van der Waals surface area contributed by atoms with Gasteiger partial charge in [-0.1, -0.05) is 41.3 Å². The summed E-state index contributed by atoms with van der Waals surface area (Å²) in [6.45, 7) is 2.78. The lowest BCUT2D eigenvalue weighted by Gasteiger charge is -2.15. The lowest BCUT2D eigenvalue weighted by Crippen LogP contribution is -2.23. The molecule has 4 rings (SSSR count). The SMILES string of the molecule is Cc1ccccc1Nc1nnc(SCC(=O)c2ccc(N3CCCC3=O)cc2)s1. The maximum Gasteiger partial charge on any atom is 0.227 e. The average molecular weight is 425 g/mol. The number of carbonyl (C=O) groups excluding carboxylic acids is 2. The number of nitrogens with zero attached hydrogens (tertiary/aromatic N) is 3. The number of carbonyl (C=O) groups is 2. The molecule has 8 heteroatoms. The molecule has 29 heavy (non-hydrogen) atoms. The molecule has 0 saturated carbocycles. The van der Waals surface area contributed by atoms with Crippen LogP contribution in [-0.2, 0) is 4.79 Å². The van der Waals surface area contributed by atoms with Crippen LogP contribution in [0, 0.1) is 6.92 Å². The number of hydrogen-bond acceptors (Lipinski definition) is 7.